The standard InChI is InChI=1S/C6H8O2S/c1-8-6(7)5-2-3-9-4-5/h2H,3-4H2,1H3. The summed E-state index contributed by atoms with van der Waals surface area (Å²) in [6.45, 7) is 0. The molecule has 2 nitrogen and oxygen atoms in total. The molecule has 0 unspecified atom stereocenters. The van der Waals surface area contributed by atoms with Crippen molar-refractivity contribution in [1.82, 2.24) is 0 Å². The molecule has 0 aromatic rings. The lowest BCUT2D eigenvalue weighted by Gasteiger charge is -1.95. The van der Waals surface area contributed by atoms with Crippen LogP contribution in [0.25, 0.3) is 0 Å². The van der Waals surface area contributed by atoms with E-state index in [4.69, 9.17) is 0 Å². The van der Waals surface area contributed by atoms with Crippen molar-refractivity contribution in [2.24, 2.45) is 0 Å². The zero-order valence-corrected chi connectivity index (χ0v) is 6.03. The Bertz CT molecular complexity index is 151. The fraction of sp³-hybridized carbons (Fsp3) is 0.500. The lowest BCUT2D eigenvalue weighted by molar-refractivity contribution is -0.135. The summed E-state index contributed by atoms with van der Waals surface area (Å²) >= 11 is 1.73. The largest absolute Gasteiger partial charge is 0.466 e. The molecule has 0 saturated heterocycles. The molecule has 0 atom stereocenters. The summed E-state index contributed by atoms with van der Waals surface area (Å²) in [6.07, 6.45) is 1.91. The van der Waals surface area contributed by atoms with Crippen molar-refractivity contribution < 1.29 is 9.53 Å². The maximum Gasteiger partial charge on any atom is 0.334 e. The molecule has 3 heteroatoms. The molecule has 0 bridgehead atoms. The number of methoxy groups -OCH3 is 1. The van der Waals surface area contributed by atoms with Gasteiger partial charge in [0.05, 0.1) is 7.11 Å². The Hall–Kier alpha value is -0.440. The number of hydrogen-bond acceptors (Lipinski definition) is 3. The maximum atomic E-state index is 10.7. The second kappa shape index (κ2) is 2.92. The molecule has 1 aliphatic heterocycles. The molecule has 50 valence electrons. The molecule has 1 heterocycles. The second-order valence-electron chi connectivity index (χ2n) is 1.74. The normalized spacial score (nSPS) is 17.2. The molecule has 9 heavy (non-hydrogen) atoms. The summed E-state index contributed by atoms with van der Waals surface area (Å²) in [6, 6.07) is 0. The fourth-order valence-electron chi connectivity index (χ4n) is 0.661. The van der Waals surface area contributed by atoms with E-state index in [0.717, 1.165) is 17.1 Å². The highest BCUT2D eigenvalue weighted by Gasteiger charge is 2.12. The van der Waals surface area contributed by atoms with Crippen molar-refractivity contribution in [2.75, 3.05) is 18.6 Å². The summed E-state index contributed by atoms with van der Waals surface area (Å²) < 4.78 is 4.51. The van der Waals surface area contributed by atoms with Crippen molar-refractivity contribution >= 4 is 17.7 Å². The molecule has 0 saturated carbocycles. The third-order valence-corrected chi connectivity index (χ3v) is 2.07. The summed E-state index contributed by atoms with van der Waals surface area (Å²) in [4.78, 5) is 10.7. The number of esters is 1. The lowest BCUT2D eigenvalue weighted by atomic mass is 10.3. The molecule has 0 radical (unpaired) electrons. The van der Waals surface area contributed by atoms with Gasteiger partial charge < -0.3 is 4.74 Å². The van der Waals surface area contributed by atoms with E-state index in [0.29, 0.717) is 0 Å². The molecule has 0 aromatic carbocycles. The number of hydrogen-bond donors (Lipinski definition) is 0. The first-order valence-corrected chi connectivity index (χ1v) is 3.85. The fourth-order valence-corrected chi connectivity index (χ4v) is 1.55. The summed E-state index contributed by atoms with van der Waals surface area (Å²) in [7, 11) is 1.41. The average Bonchev–Trinajstić information content (AvgIpc) is 2.37. The van der Waals surface area contributed by atoms with Crippen LogP contribution in [0.4, 0.5) is 0 Å². The van der Waals surface area contributed by atoms with E-state index in [-0.39, 0.29) is 5.97 Å². The van der Waals surface area contributed by atoms with Gasteiger partial charge in [0, 0.05) is 17.1 Å². The van der Waals surface area contributed by atoms with Gasteiger partial charge in [0.25, 0.3) is 0 Å². The van der Waals surface area contributed by atoms with Gasteiger partial charge in [-0.3, -0.25) is 0 Å². The van der Waals surface area contributed by atoms with Crippen LogP contribution in [0.3, 0.4) is 0 Å². The monoisotopic (exact) mass is 144 g/mol. The van der Waals surface area contributed by atoms with Crippen molar-refractivity contribution in [3.05, 3.63) is 11.6 Å². The van der Waals surface area contributed by atoms with Crippen molar-refractivity contribution in [3.63, 3.8) is 0 Å². The van der Waals surface area contributed by atoms with Gasteiger partial charge in [0.15, 0.2) is 0 Å². The first-order chi connectivity index (χ1) is 4.34. The van der Waals surface area contributed by atoms with Gasteiger partial charge in [-0.2, -0.15) is 11.8 Å². The van der Waals surface area contributed by atoms with Gasteiger partial charge in [-0.1, -0.05) is 6.08 Å². The first kappa shape index (κ1) is 6.68. The highest BCUT2D eigenvalue weighted by Crippen LogP contribution is 2.17. The molecule has 0 amide bonds. The minimum atomic E-state index is -0.181. The quantitative estimate of drug-likeness (QED) is 0.510. The molecular formula is C6H8O2S. The predicted octanol–water partition coefficient (Wildman–Crippen LogP) is 0.833. The Morgan fingerprint density at radius 1 is 1.89 bits per heavy atom. The highest BCUT2D eigenvalue weighted by atomic mass is 32.2. The molecule has 0 aliphatic carbocycles. The van der Waals surface area contributed by atoms with Crippen molar-refractivity contribution in [1.29, 1.82) is 0 Å². The SMILES string of the molecule is COC(=O)C1=CCSC1. The van der Waals surface area contributed by atoms with E-state index < -0.39 is 0 Å². The van der Waals surface area contributed by atoms with Crippen LogP contribution >= 0.6 is 11.8 Å². The Balaban J connectivity index is 2.51. The van der Waals surface area contributed by atoms with Crippen LogP contribution < -0.4 is 0 Å². The third kappa shape index (κ3) is 1.48. The third-order valence-electron chi connectivity index (χ3n) is 1.15. The molecule has 0 spiro atoms. The summed E-state index contributed by atoms with van der Waals surface area (Å²) in [5.41, 5.74) is 0.808. The average molecular weight is 144 g/mol. The first-order valence-electron chi connectivity index (χ1n) is 2.69. The lowest BCUT2D eigenvalue weighted by Crippen LogP contribution is -2.03. The van der Waals surface area contributed by atoms with Crippen LogP contribution in [0.1, 0.15) is 0 Å². The Morgan fingerprint density at radius 2 is 2.67 bits per heavy atom. The van der Waals surface area contributed by atoms with Crippen LogP contribution in [0, 0.1) is 0 Å². The predicted molar refractivity (Wildman–Crippen MR) is 37.4 cm³/mol. The summed E-state index contributed by atoms with van der Waals surface area (Å²) in [5, 5.41) is 0. The molecule has 1 aliphatic rings. The van der Waals surface area contributed by atoms with Crippen LogP contribution in [0.5, 0.6) is 0 Å². The smallest absolute Gasteiger partial charge is 0.334 e. The highest BCUT2D eigenvalue weighted by molar-refractivity contribution is 7.99. The minimum absolute atomic E-state index is 0.181. The van der Waals surface area contributed by atoms with Gasteiger partial charge in [-0.15, -0.1) is 0 Å². The Labute approximate surface area is 58.3 Å². The Kier molecular flexibility index (Phi) is 2.16. The van der Waals surface area contributed by atoms with Gasteiger partial charge in [-0.25, -0.2) is 4.79 Å². The molecule has 1 rings (SSSR count). The van der Waals surface area contributed by atoms with Gasteiger partial charge in [0.1, 0.15) is 0 Å². The Morgan fingerprint density at radius 3 is 3.11 bits per heavy atom. The molecule has 0 aromatic heterocycles. The van der Waals surface area contributed by atoms with Crippen molar-refractivity contribution in [3.8, 4) is 0 Å². The molecule has 0 N–H and O–H groups in total. The summed E-state index contributed by atoms with van der Waals surface area (Å²) in [5.74, 6) is 1.58. The van der Waals surface area contributed by atoms with E-state index in [9.17, 15) is 4.79 Å². The van der Waals surface area contributed by atoms with Crippen LogP contribution in [0.15, 0.2) is 11.6 Å². The minimum Gasteiger partial charge on any atom is -0.466 e. The maximum absolute atomic E-state index is 10.7. The topological polar surface area (TPSA) is 26.3 Å². The van der Waals surface area contributed by atoms with Crippen LogP contribution in [-0.2, 0) is 9.53 Å². The van der Waals surface area contributed by atoms with E-state index in [1.165, 1.54) is 7.11 Å². The van der Waals surface area contributed by atoms with E-state index in [2.05, 4.69) is 4.74 Å². The number of thioether (sulfide) groups is 1. The van der Waals surface area contributed by atoms with Crippen LogP contribution in [0.2, 0.25) is 0 Å². The van der Waals surface area contributed by atoms with E-state index in [1.54, 1.807) is 11.8 Å². The number of ether oxygens (including phenoxy) is 1. The van der Waals surface area contributed by atoms with Gasteiger partial charge in [0.2, 0.25) is 0 Å². The second-order valence-corrected chi connectivity index (χ2v) is 2.77. The van der Waals surface area contributed by atoms with Gasteiger partial charge in [-0.05, 0) is 0 Å². The van der Waals surface area contributed by atoms with E-state index in [1.807, 2.05) is 6.08 Å². The van der Waals surface area contributed by atoms with E-state index >= 15 is 0 Å². The van der Waals surface area contributed by atoms with Gasteiger partial charge >= 0.3 is 5.97 Å². The zero-order chi connectivity index (χ0) is 6.69. The van der Waals surface area contributed by atoms with Crippen molar-refractivity contribution in [2.45, 2.75) is 0 Å². The number of carbonyl (C=O) groups is 1. The number of carbonyl (C=O) groups excluding carboxylic acids is 1. The van der Waals surface area contributed by atoms with Crippen LogP contribution in [-0.4, -0.2) is 24.6 Å². The number of rotatable bonds is 1. The zero-order valence-electron chi connectivity index (χ0n) is 5.22. The molecular weight excluding hydrogens is 136 g/mol. The molecule has 0 fully saturated rings.